The van der Waals surface area contributed by atoms with Crippen molar-refractivity contribution in [2.45, 2.75) is 39.3 Å². The predicted octanol–water partition coefficient (Wildman–Crippen LogP) is 3.72. The molecule has 0 radical (unpaired) electrons. The van der Waals surface area contributed by atoms with E-state index in [0.29, 0.717) is 6.61 Å². The van der Waals surface area contributed by atoms with Gasteiger partial charge in [0.2, 0.25) is 0 Å². The van der Waals surface area contributed by atoms with Crippen LogP contribution in [0.4, 0.5) is 0 Å². The predicted molar refractivity (Wildman–Crippen MR) is 83.9 cm³/mol. The van der Waals surface area contributed by atoms with E-state index in [9.17, 15) is 0 Å². The number of rotatable bonds is 6. The fourth-order valence-corrected chi connectivity index (χ4v) is 2.13. The van der Waals surface area contributed by atoms with Crippen molar-refractivity contribution in [1.82, 2.24) is 0 Å². The molecule has 20 heavy (non-hydrogen) atoms. The van der Waals surface area contributed by atoms with Gasteiger partial charge in [-0.2, -0.15) is 0 Å². The van der Waals surface area contributed by atoms with Crippen molar-refractivity contribution in [2.75, 3.05) is 0 Å². The summed E-state index contributed by atoms with van der Waals surface area (Å²) in [6.45, 7) is 4.79. The van der Waals surface area contributed by atoms with Crippen molar-refractivity contribution >= 4 is 0 Å². The molecule has 0 aliphatic rings. The van der Waals surface area contributed by atoms with E-state index in [2.05, 4.69) is 43.3 Å². The second kappa shape index (κ2) is 7.11. The summed E-state index contributed by atoms with van der Waals surface area (Å²) in [6.07, 6.45) is 1.97. The first-order valence-corrected chi connectivity index (χ1v) is 7.22. The lowest BCUT2D eigenvalue weighted by molar-refractivity contribution is 0.306. The second-order valence-electron chi connectivity index (χ2n) is 5.28. The Balaban J connectivity index is 1.89. The molecule has 0 aromatic heterocycles. The van der Waals surface area contributed by atoms with Crippen molar-refractivity contribution in [3.05, 3.63) is 65.2 Å². The van der Waals surface area contributed by atoms with Gasteiger partial charge in [-0.3, -0.25) is 0 Å². The number of hydrogen-bond acceptors (Lipinski definition) is 2. The lowest BCUT2D eigenvalue weighted by Gasteiger charge is -2.09. The molecule has 106 valence electrons. The molecule has 0 spiro atoms. The molecule has 2 nitrogen and oxygen atoms in total. The molecule has 1 unspecified atom stereocenters. The fourth-order valence-electron chi connectivity index (χ4n) is 2.13. The molecule has 0 aliphatic heterocycles. The van der Waals surface area contributed by atoms with Crippen LogP contribution < -0.4 is 10.5 Å². The zero-order valence-electron chi connectivity index (χ0n) is 12.3. The highest BCUT2D eigenvalue weighted by Gasteiger charge is 2.00. The molecule has 0 fully saturated rings. The molecule has 2 rings (SSSR count). The van der Waals surface area contributed by atoms with E-state index in [0.717, 1.165) is 18.6 Å². The number of hydrogen-bond donors (Lipinski definition) is 1. The average Bonchev–Trinajstić information content (AvgIpc) is 2.46. The van der Waals surface area contributed by atoms with E-state index in [4.69, 9.17) is 10.5 Å². The molecule has 0 bridgehead atoms. The first kappa shape index (κ1) is 14.6. The molecule has 2 N–H and O–H groups in total. The van der Waals surface area contributed by atoms with Gasteiger partial charge in [0.25, 0.3) is 0 Å². The molecular weight excluding hydrogens is 246 g/mol. The van der Waals surface area contributed by atoms with Gasteiger partial charge in [-0.1, -0.05) is 43.3 Å². The summed E-state index contributed by atoms with van der Waals surface area (Å²) in [6, 6.07) is 17.0. The first-order chi connectivity index (χ1) is 9.67. The van der Waals surface area contributed by atoms with Gasteiger partial charge in [0.15, 0.2) is 0 Å². The smallest absolute Gasteiger partial charge is 0.119 e. The molecular formula is C18H23NO. The van der Waals surface area contributed by atoms with Gasteiger partial charge in [0.1, 0.15) is 12.4 Å². The molecule has 0 aliphatic carbocycles. The highest BCUT2D eigenvalue weighted by Crippen LogP contribution is 2.15. The van der Waals surface area contributed by atoms with E-state index < -0.39 is 0 Å². The number of nitrogens with two attached hydrogens (primary N) is 1. The third-order valence-electron chi connectivity index (χ3n) is 3.32. The van der Waals surface area contributed by atoms with Crippen molar-refractivity contribution < 1.29 is 4.74 Å². The minimum Gasteiger partial charge on any atom is -0.489 e. The minimum atomic E-state index is 0.193. The van der Waals surface area contributed by atoms with Crippen molar-refractivity contribution in [3.8, 4) is 5.75 Å². The molecule has 0 amide bonds. The summed E-state index contributed by atoms with van der Waals surface area (Å²) < 4.78 is 5.79. The second-order valence-corrected chi connectivity index (χ2v) is 5.28. The van der Waals surface area contributed by atoms with Crippen LogP contribution in [0.2, 0.25) is 0 Å². The Hall–Kier alpha value is -1.80. The van der Waals surface area contributed by atoms with E-state index in [-0.39, 0.29) is 6.04 Å². The fraction of sp³-hybridized carbons (Fsp3) is 0.333. The number of ether oxygens (including phenoxy) is 1. The first-order valence-electron chi connectivity index (χ1n) is 7.22. The van der Waals surface area contributed by atoms with Gasteiger partial charge in [0, 0.05) is 6.04 Å². The van der Waals surface area contributed by atoms with Crippen LogP contribution in [0, 0.1) is 0 Å². The highest BCUT2D eigenvalue weighted by atomic mass is 16.5. The van der Waals surface area contributed by atoms with Crippen LogP contribution in [0.25, 0.3) is 0 Å². The maximum Gasteiger partial charge on any atom is 0.119 e. The third-order valence-corrected chi connectivity index (χ3v) is 3.32. The van der Waals surface area contributed by atoms with E-state index in [1.54, 1.807) is 0 Å². The molecule has 0 saturated carbocycles. The number of benzene rings is 2. The SMILES string of the molecule is CCc1ccc(COc2ccc(CC(C)N)cc2)cc1. The van der Waals surface area contributed by atoms with Gasteiger partial charge in [-0.15, -0.1) is 0 Å². The Morgan fingerprint density at radius 3 is 2.00 bits per heavy atom. The average molecular weight is 269 g/mol. The molecule has 1 atom stereocenters. The standard InChI is InChI=1S/C18H23NO/c1-3-15-4-6-17(7-5-15)13-20-18-10-8-16(9-11-18)12-14(2)19/h4-11,14H,3,12-13,19H2,1-2H3. The van der Waals surface area contributed by atoms with Gasteiger partial charge in [-0.05, 0) is 48.6 Å². The summed E-state index contributed by atoms with van der Waals surface area (Å²) in [5.41, 5.74) is 9.59. The highest BCUT2D eigenvalue weighted by molar-refractivity contribution is 5.28. The van der Waals surface area contributed by atoms with Crippen molar-refractivity contribution in [1.29, 1.82) is 0 Å². The maximum atomic E-state index is 5.79. The lowest BCUT2D eigenvalue weighted by atomic mass is 10.1. The summed E-state index contributed by atoms with van der Waals surface area (Å²) in [5.74, 6) is 0.901. The number of aryl methyl sites for hydroxylation is 1. The molecule has 2 aromatic rings. The third kappa shape index (κ3) is 4.39. The zero-order valence-corrected chi connectivity index (χ0v) is 12.3. The Morgan fingerprint density at radius 1 is 0.900 bits per heavy atom. The maximum absolute atomic E-state index is 5.79. The summed E-state index contributed by atoms with van der Waals surface area (Å²) in [7, 11) is 0. The molecule has 2 heteroatoms. The largest absolute Gasteiger partial charge is 0.489 e. The molecule has 2 aromatic carbocycles. The van der Waals surface area contributed by atoms with Gasteiger partial charge in [-0.25, -0.2) is 0 Å². The Kier molecular flexibility index (Phi) is 5.19. The normalized spacial score (nSPS) is 12.2. The van der Waals surface area contributed by atoms with Crippen LogP contribution in [-0.2, 0) is 19.4 Å². The van der Waals surface area contributed by atoms with Gasteiger partial charge >= 0.3 is 0 Å². The molecule has 0 heterocycles. The van der Waals surface area contributed by atoms with Crippen molar-refractivity contribution in [2.24, 2.45) is 5.73 Å². The van der Waals surface area contributed by atoms with Crippen LogP contribution in [-0.4, -0.2) is 6.04 Å². The lowest BCUT2D eigenvalue weighted by Crippen LogP contribution is -2.17. The van der Waals surface area contributed by atoms with E-state index >= 15 is 0 Å². The Morgan fingerprint density at radius 2 is 1.45 bits per heavy atom. The zero-order chi connectivity index (χ0) is 14.4. The van der Waals surface area contributed by atoms with Crippen LogP contribution in [0.1, 0.15) is 30.5 Å². The van der Waals surface area contributed by atoms with Crippen LogP contribution in [0.5, 0.6) is 5.75 Å². The van der Waals surface area contributed by atoms with Crippen LogP contribution >= 0.6 is 0 Å². The summed E-state index contributed by atoms with van der Waals surface area (Å²) >= 11 is 0. The van der Waals surface area contributed by atoms with E-state index in [1.165, 1.54) is 16.7 Å². The van der Waals surface area contributed by atoms with E-state index in [1.807, 2.05) is 19.1 Å². The quantitative estimate of drug-likeness (QED) is 0.867. The monoisotopic (exact) mass is 269 g/mol. The Labute approximate surface area is 121 Å². The van der Waals surface area contributed by atoms with Crippen LogP contribution in [0.15, 0.2) is 48.5 Å². The van der Waals surface area contributed by atoms with Gasteiger partial charge < -0.3 is 10.5 Å². The van der Waals surface area contributed by atoms with Crippen molar-refractivity contribution in [3.63, 3.8) is 0 Å². The summed E-state index contributed by atoms with van der Waals surface area (Å²) in [5, 5.41) is 0. The minimum absolute atomic E-state index is 0.193. The van der Waals surface area contributed by atoms with Gasteiger partial charge in [0.05, 0.1) is 0 Å². The Bertz CT molecular complexity index is 514. The van der Waals surface area contributed by atoms with Crippen LogP contribution in [0.3, 0.4) is 0 Å². The summed E-state index contributed by atoms with van der Waals surface area (Å²) in [4.78, 5) is 0. The molecule has 0 saturated heterocycles. The topological polar surface area (TPSA) is 35.2 Å².